The maximum absolute atomic E-state index is 11.5. The molecule has 0 rings (SSSR count). The molecule has 0 aliphatic heterocycles. The Morgan fingerprint density at radius 2 is 1.93 bits per heavy atom. The molecule has 0 aliphatic carbocycles. The second-order valence-electron chi connectivity index (χ2n) is 2.66. The molecule has 5 nitrogen and oxygen atoms in total. The fourth-order valence-corrected chi connectivity index (χ4v) is 2.40. The van der Waals surface area contributed by atoms with Gasteiger partial charge in [0.2, 0.25) is 0 Å². The predicted molar refractivity (Wildman–Crippen MR) is 52.2 cm³/mol. The quantitative estimate of drug-likeness (QED) is 0.547. The van der Waals surface area contributed by atoms with Crippen LogP contribution < -0.4 is 0 Å². The second-order valence-corrected chi connectivity index (χ2v) is 4.67. The van der Waals surface area contributed by atoms with Gasteiger partial charge >= 0.3 is 13.6 Å². The predicted octanol–water partition coefficient (Wildman–Crippen LogP) is 1.55. The average molecular weight is 224 g/mol. The highest BCUT2D eigenvalue weighted by Gasteiger charge is 2.37. The van der Waals surface area contributed by atoms with Gasteiger partial charge in [-0.2, -0.15) is 0 Å². The van der Waals surface area contributed by atoms with Gasteiger partial charge in [-0.05, 0) is 20.3 Å². The third-order valence-corrected chi connectivity index (χ3v) is 3.65. The molecule has 0 aromatic rings. The Kier molecular flexibility index (Phi) is 6.00. The minimum absolute atomic E-state index is 0.101. The molecule has 0 spiro atoms. The SMILES string of the molecule is CCOC(=O)C(CC)P(=O)(O)OCC. The highest BCUT2D eigenvalue weighted by atomic mass is 31.2. The summed E-state index contributed by atoms with van der Waals surface area (Å²) >= 11 is 0. The zero-order chi connectivity index (χ0) is 11.2. The summed E-state index contributed by atoms with van der Waals surface area (Å²) in [5, 5.41) is 0. The van der Waals surface area contributed by atoms with Crippen LogP contribution in [0.15, 0.2) is 0 Å². The average Bonchev–Trinajstić information content (AvgIpc) is 2.04. The van der Waals surface area contributed by atoms with E-state index in [9.17, 15) is 14.3 Å². The molecule has 0 fully saturated rings. The third kappa shape index (κ3) is 3.78. The van der Waals surface area contributed by atoms with E-state index in [2.05, 4.69) is 9.26 Å². The lowest BCUT2D eigenvalue weighted by molar-refractivity contribution is -0.143. The molecule has 0 saturated heterocycles. The van der Waals surface area contributed by atoms with Crippen LogP contribution in [-0.2, 0) is 18.6 Å². The van der Waals surface area contributed by atoms with Crippen LogP contribution >= 0.6 is 7.60 Å². The van der Waals surface area contributed by atoms with Crippen LogP contribution in [0.4, 0.5) is 0 Å². The van der Waals surface area contributed by atoms with Crippen molar-refractivity contribution in [3.8, 4) is 0 Å². The Morgan fingerprint density at radius 1 is 1.36 bits per heavy atom. The highest BCUT2D eigenvalue weighted by Crippen LogP contribution is 2.49. The van der Waals surface area contributed by atoms with Crippen molar-refractivity contribution in [2.24, 2.45) is 0 Å². The zero-order valence-corrected chi connectivity index (χ0v) is 9.62. The van der Waals surface area contributed by atoms with Gasteiger partial charge in [0.25, 0.3) is 0 Å². The number of ether oxygens (including phenoxy) is 1. The lowest BCUT2D eigenvalue weighted by Crippen LogP contribution is -2.23. The summed E-state index contributed by atoms with van der Waals surface area (Å²) in [5.41, 5.74) is -1.07. The van der Waals surface area contributed by atoms with Crippen molar-refractivity contribution in [1.29, 1.82) is 0 Å². The van der Waals surface area contributed by atoms with Crippen molar-refractivity contribution in [1.82, 2.24) is 0 Å². The fraction of sp³-hybridized carbons (Fsp3) is 0.875. The van der Waals surface area contributed by atoms with Gasteiger partial charge in [-0.1, -0.05) is 6.92 Å². The van der Waals surface area contributed by atoms with Crippen LogP contribution in [0.5, 0.6) is 0 Å². The smallest absolute Gasteiger partial charge is 0.342 e. The Morgan fingerprint density at radius 3 is 2.29 bits per heavy atom. The molecule has 0 radical (unpaired) electrons. The first-order chi connectivity index (χ1) is 6.49. The van der Waals surface area contributed by atoms with E-state index in [4.69, 9.17) is 0 Å². The summed E-state index contributed by atoms with van der Waals surface area (Å²) < 4.78 is 20.8. The van der Waals surface area contributed by atoms with Crippen molar-refractivity contribution < 1.29 is 23.5 Å². The molecule has 84 valence electrons. The molecular weight excluding hydrogens is 207 g/mol. The molecule has 6 heteroatoms. The molecule has 0 bridgehead atoms. The zero-order valence-electron chi connectivity index (χ0n) is 8.73. The Hall–Kier alpha value is -0.380. The largest absolute Gasteiger partial charge is 0.465 e. The molecule has 14 heavy (non-hydrogen) atoms. The van der Waals surface area contributed by atoms with E-state index in [1.807, 2.05) is 0 Å². The number of carbonyl (C=O) groups is 1. The third-order valence-electron chi connectivity index (χ3n) is 1.65. The molecule has 0 heterocycles. The number of hydrogen-bond acceptors (Lipinski definition) is 4. The van der Waals surface area contributed by atoms with Gasteiger partial charge in [0.05, 0.1) is 13.2 Å². The summed E-state index contributed by atoms with van der Waals surface area (Å²) in [6, 6.07) is 0. The van der Waals surface area contributed by atoms with E-state index >= 15 is 0 Å². The topological polar surface area (TPSA) is 72.8 Å². The van der Waals surface area contributed by atoms with Gasteiger partial charge in [0, 0.05) is 0 Å². The molecule has 2 unspecified atom stereocenters. The van der Waals surface area contributed by atoms with Crippen molar-refractivity contribution in [3.63, 3.8) is 0 Å². The van der Waals surface area contributed by atoms with Gasteiger partial charge in [-0.25, -0.2) is 0 Å². The molecular formula is C8H17O5P. The van der Waals surface area contributed by atoms with E-state index in [0.29, 0.717) is 0 Å². The van der Waals surface area contributed by atoms with E-state index < -0.39 is 19.2 Å². The minimum Gasteiger partial charge on any atom is -0.465 e. The van der Waals surface area contributed by atoms with Gasteiger partial charge in [-0.15, -0.1) is 0 Å². The van der Waals surface area contributed by atoms with Crippen LogP contribution in [0, 0.1) is 0 Å². The standard InChI is InChI=1S/C8H17O5P/c1-4-7(8(9)12-5-2)14(10,11)13-6-3/h7H,4-6H2,1-3H3,(H,10,11). The van der Waals surface area contributed by atoms with Crippen molar-refractivity contribution in [2.45, 2.75) is 32.9 Å². The van der Waals surface area contributed by atoms with Crippen LogP contribution in [0.25, 0.3) is 0 Å². The molecule has 0 saturated carbocycles. The van der Waals surface area contributed by atoms with Gasteiger partial charge in [-0.3, -0.25) is 9.36 Å². The number of hydrogen-bond donors (Lipinski definition) is 1. The van der Waals surface area contributed by atoms with Crippen molar-refractivity contribution in [2.75, 3.05) is 13.2 Å². The number of esters is 1. The summed E-state index contributed by atoms with van der Waals surface area (Å²) in [5.74, 6) is -0.672. The Balaban J connectivity index is 4.53. The lowest BCUT2D eigenvalue weighted by atomic mass is 10.3. The van der Waals surface area contributed by atoms with Crippen LogP contribution in [0.1, 0.15) is 27.2 Å². The van der Waals surface area contributed by atoms with Gasteiger partial charge in [0.1, 0.15) is 0 Å². The normalized spacial score (nSPS) is 17.1. The van der Waals surface area contributed by atoms with E-state index in [1.165, 1.54) is 0 Å². The Bertz CT molecular complexity index is 228. The van der Waals surface area contributed by atoms with Gasteiger partial charge in [0.15, 0.2) is 5.66 Å². The highest BCUT2D eigenvalue weighted by molar-refractivity contribution is 7.54. The summed E-state index contributed by atoms with van der Waals surface area (Å²) in [6.45, 7) is 5.18. The second kappa shape index (κ2) is 6.17. The first-order valence-electron chi connectivity index (χ1n) is 4.63. The van der Waals surface area contributed by atoms with Crippen LogP contribution in [0.3, 0.4) is 0 Å². The molecule has 0 aromatic carbocycles. The van der Waals surface area contributed by atoms with E-state index in [1.54, 1.807) is 20.8 Å². The maximum atomic E-state index is 11.5. The number of rotatable bonds is 6. The van der Waals surface area contributed by atoms with Crippen LogP contribution in [-0.4, -0.2) is 29.7 Å². The summed E-state index contributed by atoms with van der Waals surface area (Å²) in [6.07, 6.45) is 0.229. The first-order valence-corrected chi connectivity index (χ1v) is 6.27. The molecule has 0 aliphatic rings. The minimum atomic E-state index is -3.86. The van der Waals surface area contributed by atoms with Gasteiger partial charge < -0.3 is 14.2 Å². The first kappa shape index (κ1) is 13.6. The van der Waals surface area contributed by atoms with E-state index in [-0.39, 0.29) is 19.6 Å². The molecule has 1 N–H and O–H groups in total. The summed E-state index contributed by atoms with van der Waals surface area (Å²) in [4.78, 5) is 20.7. The summed E-state index contributed by atoms with van der Waals surface area (Å²) in [7, 11) is -3.86. The lowest BCUT2D eigenvalue weighted by Gasteiger charge is -2.18. The molecule has 0 aromatic heterocycles. The monoisotopic (exact) mass is 224 g/mol. The fourth-order valence-electron chi connectivity index (χ4n) is 1.04. The maximum Gasteiger partial charge on any atom is 0.342 e. The van der Waals surface area contributed by atoms with Crippen molar-refractivity contribution in [3.05, 3.63) is 0 Å². The molecule has 0 amide bonds. The molecule has 2 atom stereocenters. The van der Waals surface area contributed by atoms with Crippen molar-refractivity contribution >= 4 is 13.6 Å². The Labute approximate surface area is 83.9 Å². The van der Waals surface area contributed by atoms with Crippen LogP contribution in [0.2, 0.25) is 0 Å². The number of carbonyl (C=O) groups excluding carboxylic acids is 1. The van der Waals surface area contributed by atoms with E-state index in [0.717, 1.165) is 0 Å².